The molecule has 0 saturated carbocycles. The molecule has 6 nitrogen and oxygen atoms in total. The zero-order chi connectivity index (χ0) is 18.8. The largest absolute Gasteiger partial charge is 0.503 e. The third-order valence-corrected chi connectivity index (χ3v) is 4.45. The Kier molecular flexibility index (Phi) is 5.15. The minimum atomic E-state index is -0.769. The Morgan fingerprint density at radius 2 is 2.12 bits per heavy atom. The number of benzene rings is 1. The average molecular weight is 376 g/mol. The number of ether oxygens (including phenoxy) is 1. The van der Waals surface area contributed by atoms with E-state index in [2.05, 4.69) is 0 Å². The lowest BCUT2D eigenvalue weighted by Crippen LogP contribution is -2.34. The number of ketones is 1. The number of carbonyl (C=O) groups is 2. The molecule has 1 amide bonds. The van der Waals surface area contributed by atoms with Crippen LogP contribution in [-0.2, 0) is 9.53 Å². The maximum atomic E-state index is 12.9. The van der Waals surface area contributed by atoms with Crippen LogP contribution in [-0.4, -0.2) is 42.0 Å². The second-order valence-electron chi connectivity index (χ2n) is 5.95. The molecule has 1 atom stereocenters. The Bertz CT molecular complexity index is 886. The van der Waals surface area contributed by atoms with Gasteiger partial charge in [0.1, 0.15) is 5.76 Å². The van der Waals surface area contributed by atoms with Crippen LogP contribution in [0.4, 0.5) is 0 Å². The topological polar surface area (TPSA) is 80.0 Å². The van der Waals surface area contributed by atoms with Gasteiger partial charge < -0.3 is 19.2 Å². The molecule has 7 heteroatoms. The Balaban J connectivity index is 2.08. The molecular formula is C19H18ClNO5. The highest BCUT2D eigenvalue weighted by Crippen LogP contribution is 2.39. The summed E-state index contributed by atoms with van der Waals surface area (Å²) in [5.41, 5.74) is 0.598. The van der Waals surface area contributed by atoms with Crippen molar-refractivity contribution in [1.29, 1.82) is 0 Å². The minimum Gasteiger partial charge on any atom is -0.503 e. The monoisotopic (exact) mass is 375 g/mol. The summed E-state index contributed by atoms with van der Waals surface area (Å²) < 4.78 is 10.4. The molecule has 1 aromatic carbocycles. The van der Waals surface area contributed by atoms with Gasteiger partial charge in [0.25, 0.3) is 5.91 Å². The standard InChI is InChI=1S/C19H18ClNO5/c1-11-6-7-14(26-11)17(22)15-16(12-4-3-5-13(20)10-12)21(8-9-25-2)19(24)18(15)23/h3-7,10,16,23H,8-9H2,1-2H3/t16-/m1/s1. The van der Waals surface area contributed by atoms with Gasteiger partial charge in [-0.25, -0.2) is 0 Å². The van der Waals surface area contributed by atoms with E-state index in [1.165, 1.54) is 18.1 Å². The fourth-order valence-corrected chi connectivity index (χ4v) is 3.22. The van der Waals surface area contributed by atoms with Crippen molar-refractivity contribution in [3.8, 4) is 0 Å². The highest BCUT2D eigenvalue weighted by molar-refractivity contribution is 6.30. The number of hydrogen-bond donors (Lipinski definition) is 1. The van der Waals surface area contributed by atoms with Crippen LogP contribution in [0.25, 0.3) is 0 Å². The summed E-state index contributed by atoms with van der Waals surface area (Å²) in [7, 11) is 1.51. The van der Waals surface area contributed by atoms with E-state index in [4.69, 9.17) is 20.8 Å². The summed E-state index contributed by atoms with van der Waals surface area (Å²) in [5.74, 6) is -1.11. The van der Waals surface area contributed by atoms with E-state index in [1.54, 1.807) is 37.3 Å². The van der Waals surface area contributed by atoms with Crippen molar-refractivity contribution < 1.29 is 23.8 Å². The molecule has 0 unspecified atom stereocenters. The Morgan fingerprint density at radius 3 is 2.73 bits per heavy atom. The van der Waals surface area contributed by atoms with Gasteiger partial charge in [-0.05, 0) is 36.8 Å². The smallest absolute Gasteiger partial charge is 0.290 e. The minimum absolute atomic E-state index is 0.0253. The van der Waals surface area contributed by atoms with Crippen LogP contribution in [0.15, 0.2) is 52.1 Å². The molecule has 1 aliphatic heterocycles. The molecule has 3 rings (SSSR count). The number of amides is 1. The Morgan fingerprint density at radius 1 is 1.35 bits per heavy atom. The first kappa shape index (κ1) is 18.2. The molecule has 1 aliphatic rings. The van der Waals surface area contributed by atoms with E-state index in [0.717, 1.165) is 0 Å². The number of Topliss-reactive ketones (excluding diaryl/α,β-unsaturated/α-hetero) is 1. The molecule has 1 aromatic heterocycles. The van der Waals surface area contributed by atoms with Crippen LogP contribution >= 0.6 is 11.6 Å². The first-order valence-corrected chi connectivity index (χ1v) is 8.41. The van der Waals surface area contributed by atoms with E-state index < -0.39 is 23.5 Å². The summed E-state index contributed by atoms with van der Waals surface area (Å²) >= 11 is 6.09. The third-order valence-electron chi connectivity index (χ3n) is 4.21. The van der Waals surface area contributed by atoms with E-state index in [0.29, 0.717) is 16.3 Å². The Labute approximate surface area is 155 Å². The maximum Gasteiger partial charge on any atom is 0.290 e. The zero-order valence-corrected chi connectivity index (χ0v) is 15.1. The lowest BCUT2D eigenvalue weighted by atomic mass is 9.95. The van der Waals surface area contributed by atoms with Crippen molar-refractivity contribution >= 4 is 23.3 Å². The van der Waals surface area contributed by atoms with Gasteiger partial charge >= 0.3 is 0 Å². The van der Waals surface area contributed by atoms with Crippen molar-refractivity contribution in [3.05, 3.63) is 69.8 Å². The van der Waals surface area contributed by atoms with Crippen molar-refractivity contribution in [2.75, 3.05) is 20.3 Å². The molecule has 0 saturated heterocycles. The third kappa shape index (κ3) is 3.25. The maximum absolute atomic E-state index is 12.9. The molecule has 136 valence electrons. The van der Waals surface area contributed by atoms with Crippen LogP contribution in [0.2, 0.25) is 5.02 Å². The number of nitrogens with zero attached hydrogens (tertiary/aromatic N) is 1. The summed E-state index contributed by atoms with van der Waals surface area (Å²) in [6.07, 6.45) is 0. The fraction of sp³-hybridized carbons (Fsp3) is 0.263. The molecule has 1 N–H and O–H groups in total. The fourth-order valence-electron chi connectivity index (χ4n) is 3.02. The lowest BCUT2D eigenvalue weighted by Gasteiger charge is -2.26. The second kappa shape index (κ2) is 7.35. The first-order chi connectivity index (χ1) is 12.4. The van der Waals surface area contributed by atoms with Gasteiger partial charge in [-0.2, -0.15) is 0 Å². The molecule has 0 radical (unpaired) electrons. The summed E-state index contributed by atoms with van der Waals surface area (Å²) in [6.45, 7) is 2.19. The molecule has 2 heterocycles. The SMILES string of the molecule is COCCN1C(=O)C(O)=C(C(=O)c2ccc(C)o2)[C@H]1c1cccc(Cl)c1. The van der Waals surface area contributed by atoms with Crippen molar-refractivity contribution in [3.63, 3.8) is 0 Å². The van der Waals surface area contributed by atoms with Gasteiger partial charge in [-0.1, -0.05) is 23.7 Å². The molecule has 0 fully saturated rings. The number of hydrogen-bond acceptors (Lipinski definition) is 5. The van der Waals surface area contributed by atoms with E-state index in [9.17, 15) is 14.7 Å². The normalized spacial score (nSPS) is 17.3. The van der Waals surface area contributed by atoms with E-state index in [-0.39, 0.29) is 24.5 Å². The molecule has 0 bridgehead atoms. The summed E-state index contributed by atoms with van der Waals surface area (Å²) in [5, 5.41) is 10.9. The molecule has 0 aliphatic carbocycles. The first-order valence-electron chi connectivity index (χ1n) is 8.03. The lowest BCUT2D eigenvalue weighted by molar-refractivity contribution is -0.130. The van der Waals surface area contributed by atoms with Gasteiger partial charge in [0.05, 0.1) is 18.2 Å². The van der Waals surface area contributed by atoms with Crippen LogP contribution < -0.4 is 0 Å². The zero-order valence-electron chi connectivity index (χ0n) is 14.4. The predicted octanol–water partition coefficient (Wildman–Crippen LogP) is 3.47. The number of aliphatic hydroxyl groups excluding tert-OH is 1. The van der Waals surface area contributed by atoms with Crippen molar-refractivity contribution in [2.24, 2.45) is 0 Å². The number of furan rings is 1. The van der Waals surface area contributed by atoms with E-state index in [1.807, 2.05) is 0 Å². The molecule has 0 spiro atoms. The number of aryl methyl sites for hydroxylation is 1. The van der Waals surface area contributed by atoms with Crippen LogP contribution in [0, 0.1) is 6.92 Å². The van der Waals surface area contributed by atoms with Crippen LogP contribution in [0.5, 0.6) is 0 Å². The Hall–Kier alpha value is -2.57. The van der Waals surface area contributed by atoms with Crippen molar-refractivity contribution in [1.82, 2.24) is 4.90 Å². The summed E-state index contributed by atoms with van der Waals surface area (Å²) in [6, 6.07) is 9.25. The molecular weight excluding hydrogens is 358 g/mol. The van der Waals surface area contributed by atoms with Crippen LogP contribution in [0.1, 0.15) is 27.9 Å². The number of halogens is 1. The molecule has 26 heavy (non-hydrogen) atoms. The number of aliphatic hydroxyl groups is 1. The second-order valence-corrected chi connectivity index (χ2v) is 6.39. The number of rotatable bonds is 6. The number of methoxy groups -OCH3 is 1. The highest BCUT2D eigenvalue weighted by Gasteiger charge is 2.44. The highest BCUT2D eigenvalue weighted by atomic mass is 35.5. The molecule has 2 aromatic rings. The van der Waals surface area contributed by atoms with Gasteiger partial charge in [0.2, 0.25) is 5.78 Å². The predicted molar refractivity (Wildman–Crippen MR) is 95.2 cm³/mol. The van der Waals surface area contributed by atoms with Crippen LogP contribution in [0.3, 0.4) is 0 Å². The quantitative estimate of drug-likeness (QED) is 0.782. The van der Waals surface area contributed by atoms with E-state index >= 15 is 0 Å². The average Bonchev–Trinajstić information content (AvgIpc) is 3.15. The summed E-state index contributed by atoms with van der Waals surface area (Å²) in [4.78, 5) is 26.9. The van der Waals surface area contributed by atoms with Crippen molar-refractivity contribution in [2.45, 2.75) is 13.0 Å². The van der Waals surface area contributed by atoms with Gasteiger partial charge in [-0.3, -0.25) is 9.59 Å². The van der Waals surface area contributed by atoms with Gasteiger partial charge in [0, 0.05) is 18.7 Å². The van der Waals surface area contributed by atoms with Gasteiger partial charge in [-0.15, -0.1) is 0 Å². The number of carbonyl (C=O) groups excluding carboxylic acids is 2. The van der Waals surface area contributed by atoms with Gasteiger partial charge in [0.15, 0.2) is 11.5 Å².